The molecule has 0 unspecified atom stereocenters. The van der Waals surface area contributed by atoms with Crippen molar-refractivity contribution < 1.29 is 4.79 Å². The normalized spacial score (nSPS) is 17.5. The number of carbonyl (C=O) groups is 1. The molecule has 0 bridgehead atoms. The predicted octanol–water partition coefficient (Wildman–Crippen LogP) is 5.88. The lowest BCUT2D eigenvalue weighted by molar-refractivity contribution is 0.208. The Hall–Kier alpha value is -3.70. The lowest BCUT2D eigenvalue weighted by Crippen LogP contribution is -2.50. The molecule has 212 valence electrons. The molecule has 3 fully saturated rings. The second-order valence-corrected chi connectivity index (χ2v) is 12.5. The number of thiophene rings is 1. The molecule has 0 radical (unpaired) electrons. The molecule has 0 saturated carbocycles. The molecule has 3 aromatic heterocycles. The Labute approximate surface area is 248 Å². The van der Waals surface area contributed by atoms with Gasteiger partial charge in [0.2, 0.25) is 5.95 Å². The molecular weight excluding hydrogens is 553 g/mol. The van der Waals surface area contributed by atoms with E-state index in [2.05, 4.69) is 49.7 Å². The minimum Gasteiger partial charge on any atom is -0.356 e. The summed E-state index contributed by atoms with van der Waals surface area (Å²) >= 11 is 3.14. The fraction of sp³-hybridized carbons (Fsp3) is 0.400. The second-order valence-electron chi connectivity index (χ2n) is 10.8. The molecule has 0 atom stereocenters. The molecule has 0 aliphatic carbocycles. The second kappa shape index (κ2) is 11.7. The molecule has 3 saturated heterocycles. The molecule has 41 heavy (non-hydrogen) atoms. The van der Waals surface area contributed by atoms with Gasteiger partial charge in [0.1, 0.15) is 11.6 Å². The molecule has 3 aliphatic rings. The van der Waals surface area contributed by atoms with Crippen LogP contribution in [0.3, 0.4) is 0 Å². The first-order valence-electron chi connectivity index (χ1n) is 14.5. The Balaban J connectivity index is 0.986. The Morgan fingerprint density at radius 1 is 0.683 bits per heavy atom. The van der Waals surface area contributed by atoms with Gasteiger partial charge in [-0.15, -0.1) is 22.7 Å². The third-order valence-corrected chi connectivity index (χ3v) is 9.78. The zero-order valence-electron chi connectivity index (χ0n) is 23.0. The Bertz CT molecular complexity index is 1450. The summed E-state index contributed by atoms with van der Waals surface area (Å²) in [5.41, 5.74) is 3.28. The first-order valence-corrected chi connectivity index (χ1v) is 16.3. The van der Waals surface area contributed by atoms with Crippen LogP contribution in [0, 0.1) is 0 Å². The lowest BCUT2D eigenvalue weighted by atomic mass is 10.1. The fourth-order valence-corrected chi connectivity index (χ4v) is 7.40. The van der Waals surface area contributed by atoms with Gasteiger partial charge in [-0.25, -0.2) is 9.78 Å². The van der Waals surface area contributed by atoms with E-state index >= 15 is 0 Å². The third-order valence-electron chi connectivity index (χ3n) is 8.07. The van der Waals surface area contributed by atoms with Gasteiger partial charge in [-0.2, -0.15) is 9.97 Å². The zero-order chi connectivity index (χ0) is 27.6. The quantitative estimate of drug-likeness (QED) is 0.302. The zero-order valence-corrected chi connectivity index (χ0v) is 24.7. The largest absolute Gasteiger partial charge is 0.356 e. The smallest absolute Gasteiger partial charge is 0.323 e. The van der Waals surface area contributed by atoms with Crippen LogP contribution in [0.2, 0.25) is 0 Å². The van der Waals surface area contributed by atoms with Gasteiger partial charge in [0.05, 0.1) is 10.6 Å². The van der Waals surface area contributed by atoms with Gasteiger partial charge in [0.25, 0.3) is 0 Å². The Morgan fingerprint density at radius 3 is 2.05 bits per heavy atom. The maximum atomic E-state index is 13.1. The van der Waals surface area contributed by atoms with E-state index in [9.17, 15) is 4.79 Å². The van der Waals surface area contributed by atoms with E-state index in [-0.39, 0.29) is 6.03 Å². The van der Waals surface area contributed by atoms with Crippen LogP contribution in [0.4, 0.5) is 27.5 Å². The first-order chi connectivity index (χ1) is 20.2. The van der Waals surface area contributed by atoms with Gasteiger partial charge >= 0.3 is 6.03 Å². The number of rotatable bonds is 6. The number of hydrogen-bond acceptors (Lipinski definition) is 9. The van der Waals surface area contributed by atoms with Crippen molar-refractivity contribution in [3.8, 4) is 21.7 Å². The number of urea groups is 1. The number of amides is 2. The number of carbonyl (C=O) groups excluding carboxylic acids is 1. The number of benzene rings is 1. The van der Waals surface area contributed by atoms with Gasteiger partial charge < -0.3 is 19.6 Å². The summed E-state index contributed by atoms with van der Waals surface area (Å²) in [7, 11) is 0. The van der Waals surface area contributed by atoms with Gasteiger partial charge in [-0.05, 0) is 48.3 Å². The highest BCUT2D eigenvalue weighted by Crippen LogP contribution is 2.34. The summed E-state index contributed by atoms with van der Waals surface area (Å²) in [6.07, 6.45) is 4.83. The van der Waals surface area contributed by atoms with E-state index in [0.29, 0.717) is 18.2 Å². The summed E-state index contributed by atoms with van der Waals surface area (Å²) in [6, 6.07) is 14.6. The molecule has 11 heteroatoms. The number of aromatic nitrogens is 3. The summed E-state index contributed by atoms with van der Waals surface area (Å²) in [6.45, 7) is 6.92. The molecule has 4 aromatic rings. The predicted molar refractivity (Wildman–Crippen MR) is 169 cm³/mol. The summed E-state index contributed by atoms with van der Waals surface area (Å²) < 4.78 is 0. The highest BCUT2D eigenvalue weighted by molar-refractivity contribution is 7.16. The molecule has 2 amide bonds. The standard InChI is InChI=1S/C30H34N8OS2/c39-30(34-29-31-24(21-41-29)25-18-23(20-40-25)22-8-2-1-3-9-22)38-16-14-36(15-17-38)27-19-26(35-10-4-5-11-35)32-28(33-27)37-12-6-7-13-37/h1-3,8-9,18-21H,4-7,10-17H2,(H,31,34,39). The topological polar surface area (TPSA) is 80.7 Å². The fourth-order valence-electron chi connectivity index (χ4n) is 5.74. The van der Waals surface area contributed by atoms with Crippen LogP contribution < -0.4 is 20.0 Å². The third kappa shape index (κ3) is 5.73. The van der Waals surface area contributed by atoms with Crippen LogP contribution in [0.5, 0.6) is 0 Å². The number of hydrogen-bond donors (Lipinski definition) is 1. The Kier molecular flexibility index (Phi) is 7.45. The maximum Gasteiger partial charge on any atom is 0.323 e. The van der Waals surface area contributed by atoms with E-state index in [0.717, 1.165) is 67.4 Å². The molecule has 0 spiro atoms. The summed E-state index contributed by atoms with van der Waals surface area (Å²) in [4.78, 5) is 37.8. The van der Waals surface area contributed by atoms with Crippen LogP contribution in [-0.4, -0.2) is 78.2 Å². The van der Waals surface area contributed by atoms with Crippen molar-refractivity contribution in [2.75, 3.05) is 72.4 Å². The molecule has 3 aliphatic heterocycles. The number of piperazine rings is 1. The molecule has 6 heterocycles. The minimum atomic E-state index is -0.0973. The van der Waals surface area contributed by atoms with Gasteiger partial charge in [0, 0.05) is 63.8 Å². The average Bonchev–Trinajstić information content (AvgIpc) is 3.85. The van der Waals surface area contributed by atoms with Crippen LogP contribution in [0.1, 0.15) is 25.7 Å². The highest BCUT2D eigenvalue weighted by Gasteiger charge is 2.26. The van der Waals surface area contributed by atoms with Crippen LogP contribution >= 0.6 is 22.7 Å². The van der Waals surface area contributed by atoms with Crippen molar-refractivity contribution in [2.24, 2.45) is 0 Å². The van der Waals surface area contributed by atoms with Gasteiger partial charge in [-0.1, -0.05) is 30.3 Å². The molecular formula is C30H34N8OS2. The molecule has 1 aromatic carbocycles. The monoisotopic (exact) mass is 586 g/mol. The first kappa shape index (κ1) is 26.2. The molecule has 9 nitrogen and oxygen atoms in total. The van der Waals surface area contributed by atoms with Crippen LogP contribution in [0.15, 0.2) is 53.2 Å². The van der Waals surface area contributed by atoms with E-state index < -0.39 is 0 Å². The van der Waals surface area contributed by atoms with Crippen LogP contribution in [-0.2, 0) is 0 Å². The summed E-state index contributed by atoms with van der Waals surface area (Å²) in [5, 5.41) is 7.82. The van der Waals surface area contributed by atoms with Crippen molar-refractivity contribution >= 4 is 51.4 Å². The molecule has 7 rings (SSSR count). The Morgan fingerprint density at radius 2 is 1.34 bits per heavy atom. The maximum absolute atomic E-state index is 13.1. The van der Waals surface area contributed by atoms with Crippen molar-refractivity contribution in [1.29, 1.82) is 0 Å². The number of nitrogens with zero attached hydrogens (tertiary/aromatic N) is 7. The minimum absolute atomic E-state index is 0.0973. The van der Waals surface area contributed by atoms with E-state index in [1.807, 2.05) is 28.5 Å². The number of anilines is 4. The number of thiazole rings is 1. The SMILES string of the molecule is O=C(Nc1nc(-c2cc(-c3ccccc3)cs2)cs1)N1CCN(c2cc(N3CCCC3)nc(N3CCCC3)n2)CC1. The van der Waals surface area contributed by atoms with Crippen molar-refractivity contribution in [3.05, 3.63) is 53.2 Å². The van der Waals surface area contributed by atoms with Crippen molar-refractivity contribution in [1.82, 2.24) is 19.9 Å². The van der Waals surface area contributed by atoms with Gasteiger partial charge in [-0.3, -0.25) is 5.32 Å². The van der Waals surface area contributed by atoms with Crippen molar-refractivity contribution in [3.63, 3.8) is 0 Å². The average molecular weight is 587 g/mol. The molecule has 1 N–H and O–H groups in total. The lowest BCUT2D eigenvalue weighted by Gasteiger charge is -2.35. The van der Waals surface area contributed by atoms with E-state index in [4.69, 9.17) is 15.0 Å². The van der Waals surface area contributed by atoms with Crippen molar-refractivity contribution in [2.45, 2.75) is 25.7 Å². The highest BCUT2D eigenvalue weighted by atomic mass is 32.1. The van der Waals surface area contributed by atoms with E-state index in [1.54, 1.807) is 11.3 Å². The van der Waals surface area contributed by atoms with E-state index in [1.165, 1.54) is 48.1 Å². The number of nitrogens with one attached hydrogen (secondary N) is 1. The summed E-state index contributed by atoms with van der Waals surface area (Å²) in [5.74, 6) is 2.86. The van der Waals surface area contributed by atoms with Crippen LogP contribution in [0.25, 0.3) is 21.7 Å². The van der Waals surface area contributed by atoms with Gasteiger partial charge in [0.15, 0.2) is 5.13 Å².